The van der Waals surface area contributed by atoms with Gasteiger partial charge in [0.1, 0.15) is 0 Å². The average molecular weight is 384 g/mol. The van der Waals surface area contributed by atoms with Gasteiger partial charge in [0.2, 0.25) is 0 Å². The topological polar surface area (TPSA) is 60.4 Å². The number of benzene rings is 2. The minimum atomic E-state index is -3.24. The van der Waals surface area contributed by atoms with E-state index in [4.69, 9.17) is 4.74 Å². The molecule has 1 atom stereocenters. The van der Waals surface area contributed by atoms with E-state index in [1.165, 1.54) is 7.11 Å². The van der Waals surface area contributed by atoms with Gasteiger partial charge in [0.15, 0.2) is 9.84 Å². The molecular formula is C22H24O4S. The molecule has 0 N–H and O–H groups in total. The number of ether oxygens (including phenoxy) is 1. The third-order valence-electron chi connectivity index (χ3n) is 5.49. The standard InChI is InChI=1S/C22H24O4S/c1-26-22(23)20(13-15-5-3-2-4-6-15)17-9-12-21(19(14-17)16-7-8-16)27(24,25)18-10-11-18/h2-6,9,12,14,16,18,20H,7-8,10-11,13H2,1H3. The number of methoxy groups -OCH3 is 1. The van der Waals surface area contributed by atoms with Gasteiger partial charge < -0.3 is 4.74 Å². The molecule has 2 aromatic rings. The highest BCUT2D eigenvalue weighted by atomic mass is 32.2. The fourth-order valence-electron chi connectivity index (χ4n) is 3.64. The van der Waals surface area contributed by atoms with Crippen LogP contribution >= 0.6 is 0 Å². The molecule has 0 radical (unpaired) electrons. The number of rotatable bonds is 7. The fourth-order valence-corrected chi connectivity index (χ4v) is 5.57. The van der Waals surface area contributed by atoms with Crippen LogP contribution in [0.4, 0.5) is 0 Å². The Bertz CT molecular complexity index is 942. The van der Waals surface area contributed by atoms with Crippen molar-refractivity contribution in [1.82, 2.24) is 0 Å². The lowest BCUT2D eigenvalue weighted by molar-refractivity contribution is -0.142. The maximum Gasteiger partial charge on any atom is 0.313 e. The van der Waals surface area contributed by atoms with E-state index in [1.54, 1.807) is 12.1 Å². The predicted octanol–water partition coefficient (Wildman–Crippen LogP) is 4.00. The van der Waals surface area contributed by atoms with Crippen LogP contribution in [0, 0.1) is 0 Å². The van der Waals surface area contributed by atoms with Crippen molar-refractivity contribution in [1.29, 1.82) is 0 Å². The molecule has 0 aromatic heterocycles. The Labute approximate surface area is 160 Å². The normalized spacial score (nSPS) is 18.1. The molecule has 4 nitrogen and oxygen atoms in total. The molecule has 0 heterocycles. The van der Waals surface area contributed by atoms with E-state index < -0.39 is 15.8 Å². The lowest BCUT2D eigenvalue weighted by atomic mass is 9.90. The van der Waals surface area contributed by atoms with Gasteiger partial charge in [0, 0.05) is 0 Å². The maximum atomic E-state index is 12.8. The van der Waals surface area contributed by atoms with E-state index in [-0.39, 0.29) is 11.2 Å². The Morgan fingerprint density at radius 3 is 2.37 bits per heavy atom. The summed E-state index contributed by atoms with van der Waals surface area (Å²) in [4.78, 5) is 12.9. The first-order valence-corrected chi connectivity index (χ1v) is 11.0. The van der Waals surface area contributed by atoms with Gasteiger partial charge in [0.05, 0.1) is 23.2 Å². The molecule has 0 spiro atoms. The Hall–Kier alpha value is -2.14. The van der Waals surface area contributed by atoms with Crippen LogP contribution in [0.25, 0.3) is 0 Å². The van der Waals surface area contributed by atoms with E-state index in [1.807, 2.05) is 36.4 Å². The third kappa shape index (κ3) is 3.79. The number of carbonyl (C=O) groups is 1. The van der Waals surface area contributed by atoms with Crippen LogP contribution in [0.1, 0.15) is 54.2 Å². The molecule has 27 heavy (non-hydrogen) atoms. The Balaban J connectivity index is 1.72. The molecule has 2 fully saturated rings. The minimum absolute atomic E-state index is 0.221. The van der Waals surface area contributed by atoms with Crippen molar-refractivity contribution in [3.63, 3.8) is 0 Å². The summed E-state index contributed by atoms with van der Waals surface area (Å²) < 4.78 is 30.7. The number of esters is 1. The zero-order valence-corrected chi connectivity index (χ0v) is 16.2. The van der Waals surface area contributed by atoms with Gasteiger partial charge in [-0.25, -0.2) is 8.42 Å². The van der Waals surface area contributed by atoms with Crippen molar-refractivity contribution < 1.29 is 17.9 Å². The molecule has 5 heteroatoms. The van der Waals surface area contributed by atoms with E-state index in [9.17, 15) is 13.2 Å². The Morgan fingerprint density at radius 2 is 1.78 bits per heavy atom. The summed E-state index contributed by atoms with van der Waals surface area (Å²) in [6, 6.07) is 15.3. The van der Waals surface area contributed by atoms with Crippen LogP contribution in [-0.2, 0) is 25.8 Å². The van der Waals surface area contributed by atoms with E-state index in [0.29, 0.717) is 17.2 Å². The summed E-state index contributed by atoms with van der Waals surface area (Å²) >= 11 is 0. The summed E-state index contributed by atoms with van der Waals surface area (Å²) in [7, 11) is -1.85. The summed E-state index contributed by atoms with van der Waals surface area (Å²) in [5, 5.41) is -0.221. The number of hydrogen-bond acceptors (Lipinski definition) is 4. The first kappa shape index (κ1) is 18.2. The molecule has 142 valence electrons. The molecule has 4 rings (SSSR count). The fraction of sp³-hybridized carbons (Fsp3) is 0.409. The predicted molar refractivity (Wildman–Crippen MR) is 104 cm³/mol. The summed E-state index contributed by atoms with van der Waals surface area (Å²) in [5.41, 5.74) is 2.78. The molecule has 2 aromatic carbocycles. The number of hydrogen-bond donors (Lipinski definition) is 0. The molecule has 2 aliphatic carbocycles. The minimum Gasteiger partial charge on any atom is -0.469 e. The van der Waals surface area contributed by atoms with Crippen molar-refractivity contribution in [2.24, 2.45) is 0 Å². The van der Waals surface area contributed by atoms with Gasteiger partial charge in [0.25, 0.3) is 0 Å². The first-order valence-electron chi connectivity index (χ1n) is 9.50. The zero-order valence-electron chi connectivity index (χ0n) is 15.4. The molecule has 1 unspecified atom stereocenters. The van der Waals surface area contributed by atoms with Crippen molar-refractivity contribution >= 4 is 15.8 Å². The first-order chi connectivity index (χ1) is 13.0. The summed E-state index contributed by atoms with van der Waals surface area (Å²) in [6.07, 6.45) is 4.07. The Morgan fingerprint density at radius 1 is 1.07 bits per heavy atom. The van der Waals surface area contributed by atoms with Gasteiger partial charge in [-0.05, 0) is 60.8 Å². The van der Waals surface area contributed by atoms with E-state index >= 15 is 0 Å². The monoisotopic (exact) mass is 384 g/mol. The molecule has 0 aliphatic heterocycles. The largest absolute Gasteiger partial charge is 0.469 e. The van der Waals surface area contributed by atoms with Crippen LogP contribution < -0.4 is 0 Å². The number of carbonyl (C=O) groups excluding carboxylic acids is 1. The molecule has 0 amide bonds. The van der Waals surface area contributed by atoms with Crippen LogP contribution in [0.5, 0.6) is 0 Å². The van der Waals surface area contributed by atoms with E-state index in [2.05, 4.69) is 0 Å². The van der Waals surface area contributed by atoms with E-state index in [0.717, 1.165) is 42.4 Å². The summed E-state index contributed by atoms with van der Waals surface area (Å²) in [5.74, 6) is -0.436. The van der Waals surface area contributed by atoms with Gasteiger partial charge in [-0.15, -0.1) is 0 Å². The van der Waals surface area contributed by atoms with Crippen LogP contribution in [0.3, 0.4) is 0 Å². The SMILES string of the molecule is COC(=O)C(Cc1ccccc1)c1ccc(S(=O)(=O)C2CC2)c(C2CC2)c1. The van der Waals surface area contributed by atoms with Gasteiger partial charge >= 0.3 is 5.97 Å². The van der Waals surface area contributed by atoms with Crippen molar-refractivity contribution in [2.45, 2.75) is 54.1 Å². The summed E-state index contributed by atoms with van der Waals surface area (Å²) in [6.45, 7) is 0. The zero-order chi connectivity index (χ0) is 19.0. The van der Waals surface area contributed by atoms with Crippen LogP contribution in [-0.4, -0.2) is 26.7 Å². The van der Waals surface area contributed by atoms with Crippen LogP contribution in [0.15, 0.2) is 53.4 Å². The van der Waals surface area contributed by atoms with Crippen molar-refractivity contribution in [2.75, 3.05) is 7.11 Å². The molecule has 0 bridgehead atoms. The third-order valence-corrected chi connectivity index (χ3v) is 7.83. The number of sulfone groups is 1. The lowest BCUT2D eigenvalue weighted by Crippen LogP contribution is -2.18. The van der Waals surface area contributed by atoms with Gasteiger partial charge in [-0.2, -0.15) is 0 Å². The second kappa shape index (κ2) is 7.12. The highest BCUT2D eigenvalue weighted by Gasteiger charge is 2.40. The lowest BCUT2D eigenvalue weighted by Gasteiger charge is -2.18. The highest BCUT2D eigenvalue weighted by Crippen LogP contribution is 2.46. The molecular weight excluding hydrogens is 360 g/mol. The van der Waals surface area contributed by atoms with Crippen molar-refractivity contribution in [3.05, 3.63) is 65.2 Å². The second-order valence-electron chi connectivity index (χ2n) is 7.58. The maximum absolute atomic E-state index is 12.8. The van der Waals surface area contributed by atoms with Crippen molar-refractivity contribution in [3.8, 4) is 0 Å². The quantitative estimate of drug-likeness (QED) is 0.677. The van der Waals surface area contributed by atoms with Gasteiger partial charge in [-0.3, -0.25) is 4.79 Å². The molecule has 2 saturated carbocycles. The molecule has 2 aliphatic rings. The second-order valence-corrected chi connectivity index (χ2v) is 9.78. The average Bonchev–Trinajstić information content (AvgIpc) is 3.58. The molecule has 0 saturated heterocycles. The highest BCUT2D eigenvalue weighted by molar-refractivity contribution is 7.92. The smallest absolute Gasteiger partial charge is 0.313 e. The Kier molecular flexibility index (Phi) is 4.81. The van der Waals surface area contributed by atoms with Crippen LogP contribution in [0.2, 0.25) is 0 Å². The van der Waals surface area contributed by atoms with Gasteiger partial charge in [-0.1, -0.05) is 42.5 Å².